The third kappa shape index (κ3) is 6.56. The molecule has 0 N–H and O–H groups in total. The van der Waals surface area contributed by atoms with Gasteiger partial charge in [-0.3, -0.25) is 4.79 Å². The molecule has 0 aliphatic carbocycles. The van der Waals surface area contributed by atoms with Crippen molar-refractivity contribution in [1.29, 1.82) is 0 Å². The number of benzene rings is 1. The van der Waals surface area contributed by atoms with Gasteiger partial charge in [0.15, 0.2) is 0 Å². The average Bonchev–Trinajstić information content (AvgIpc) is 2.85. The van der Waals surface area contributed by atoms with E-state index >= 15 is 0 Å². The van der Waals surface area contributed by atoms with Crippen molar-refractivity contribution in [2.45, 2.75) is 50.3 Å². The largest absolute Gasteiger partial charge is 0.379 e. The summed E-state index contributed by atoms with van der Waals surface area (Å²) in [5, 5.41) is 0. The molecule has 0 radical (unpaired) electrons. The SMILES string of the molecule is CC1CCN(CC2CCCN(C(=O)CCc3ccc(S(=O)(=O)N4CCOCC4)cc3)C2)CC1. The van der Waals surface area contributed by atoms with Crippen molar-refractivity contribution in [3.05, 3.63) is 29.8 Å². The molecule has 3 saturated heterocycles. The number of nitrogens with zero attached hydrogens (tertiary/aromatic N) is 3. The number of carbonyl (C=O) groups is 1. The van der Waals surface area contributed by atoms with E-state index in [1.165, 1.54) is 36.7 Å². The van der Waals surface area contributed by atoms with Gasteiger partial charge in [0.25, 0.3) is 0 Å². The highest BCUT2D eigenvalue weighted by Crippen LogP contribution is 2.23. The summed E-state index contributed by atoms with van der Waals surface area (Å²) in [6.07, 6.45) is 6.01. The lowest BCUT2D eigenvalue weighted by Crippen LogP contribution is -2.45. The van der Waals surface area contributed by atoms with E-state index in [0.29, 0.717) is 50.0 Å². The predicted octanol–water partition coefficient (Wildman–Crippen LogP) is 2.61. The monoisotopic (exact) mass is 477 g/mol. The summed E-state index contributed by atoms with van der Waals surface area (Å²) in [7, 11) is -3.47. The van der Waals surface area contributed by atoms with Gasteiger partial charge >= 0.3 is 0 Å². The molecule has 3 aliphatic rings. The molecule has 0 bridgehead atoms. The highest BCUT2D eigenvalue weighted by Gasteiger charge is 2.27. The molecule has 3 heterocycles. The highest BCUT2D eigenvalue weighted by atomic mass is 32.2. The van der Waals surface area contributed by atoms with Crippen LogP contribution in [0.2, 0.25) is 0 Å². The Morgan fingerprint density at radius 3 is 2.39 bits per heavy atom. The Morgan fingerprint density at radius 1 is 1.00 bits per heavy atom. The average molecular weight is 478 g/mol. The van der Waals surface area contributed by atoms with Gasteiger partial charge in [-0.05, 0) is 74.7 Å². The Labute approximate surface area is 199 Å². The number of sulfonamides is 1. The molecule has 0 aromatic heterocycles. The lowest BCUT2D eigenvalue weighted by atomic mass is 9.94. The number of aryl methyl sites for hydroxylation is 1. The molecular weight excluding hydrogens is 438 g/mol. The second-order valence-corrected chi connectivity index (χ2v) is 11.9. The summed E-state index contributed by atoms with van der Waals surface area (Å²) >= 11 is 0. The molecule has 184 valence electrons. The molecule has 1 aromatic rings. The molecule has 1 amide bonds. The number of carbonyl (C=O) groups excluding carboxylic acids is 1. The summed E-state index contributed by atoms with van der Waals surface area (Å²) in [5.74, 6) is 1.65. The van der Waals surface area contributed by atoms with E-state index in [-0.39, 0.29) is 5.91 Å². The van der Waals surface area contributed by atoms with Crippen LogP contribution in [-0.4, -0.2) is 87.5 Å². The van der Waals surface area contributed by atoms with Crippen molar-refractivity contribution in [3.63, 3.8) is 0 Å². The molecule has 3 aliphatic heterocycles. The number of hydrogen-bond acceptors (Lipinski definition) is 5. The molecule has 0 spiro atoms. The zero-order valence-electron chi connectivity index (χ0n) is 20.0. The van der Waals surface area contributed by atoms with Crippen LogP contribution in [0.15, 0.2) is 29.2 Å². The normalized spacial score (nSPS) is 24.2. The van der Waals surface area contributed by atoms with Crippen LogP contribution < -0.4 is 0 Å². The maximum Gasteiger partial charge on any atom is 0.243 e. The lowest BCUT2D eigenvalue weighted by Gasteiger charge is -2.38. The molecule has 8 heteroatoms. The third-order valence-corrected chi connectivity index (χ3v) is 9.34. The summed E-state index contributed by atoms with van der Waals surface area (Å²) in [6.45, 7) is 9.27. The lowest BCUT2D eigenvalue weighted by molar-refractivity contribution is -0.133. The van der Waals surface area contributed by atoms with E-state index in [1.54, 1.807) is 12.1 Å². The smallest absolute Gasteiger partial charge is 0.243 e. The summed E-state index contributed by atoms with van der Waals surface area (Å²) in [6, 6.07) is 7.02. The van der Waals surface area contributed by atoms with E-state index in [4.69, 9.17) is 4.74 Å². The van der Waals surface area contributed by atoms with Gasteiger partial charge in [-0.2, -0.15) is 4.31 Å². The molecule has 4 rings (SSSR count). The first-order valence-corrected chi connectivity index (χ1v) is 14.0. The molecule has 1 atom stereocenters. The molecular formula is C25H39N3O4S. The van der Waals surface area contributed by atoms with E-state index in [0.717, 1.165) is 37.5 Å². The topological polar surface area (TPSA) is 70.2 Å². The van der Waals surface area contributed by atoms with Gasteiger partial charge in [-0.1, -0.05) is 19.1 Å². The molecule has 0 saturated carbocycles. The van der Waals surface area contributed by atoms with E-state index < -0.39 is 10.0 Å². The minimum Gasteiger partial charge on any atom is -0.379 e. The van der Waals surface area contributed by atoms with Gasteiger partial charge in [0.2, 0.25) is 15.9 Å². The van der Waals surface area contributed by atoms with Crippen molar-refractivity contribution in [2.24, 2.45) is 11.8 Å². The molecule has 7 nitrogen and oxygen atoms in total. The number of rotatable bonds is 7. The Kier molecular flexibility index (Phi) is 8.43. The van der Waals surface area contributed by atoms with E-state index in [2.05, 4.69) is 16.7 Å². The number of piperidine rings is 2. The Morgan fingerprint density at radius 2 is 1.70 bits per heavy atom. The summed E-state index contributed by atoms with van der Waals surface area (Å²) < 4.78 is 32.3. The maximum atomic E-state index is 12.9. The van der Waals surface area contributed by atoms with Crippen LogP contribution in [0.4, 0.5) is 0 Å². The summed E-state index contributed by atoms with van der Waals surface area (Å²) in [5.41, 5.74) is 1.00. The van der Waals surface area contributed by atoms with Crippen molar-refractivity contribution >= 4 is 15.9 Å². The molecule has 33 heavy (non-hydrogen) atoms. The third-order valence-electron chi connectivity index (χ3n) is 7.42. The zero-order valence-corrected chi connectivity index (χ0v) is 20.8. The van der Waals surface area contributed by atoms with Crippen LogP contribution in [0.5, 0.6) is 0 Å². The fourth-order valence-electron chi connectivity index (χ4n) is 5.22. The highest BCUT2D eigenvalue weighted by molar-refractivity contribution is 7.89. The van der Waals surface area contributed by atoms with Crippen LogP contribution in [0.3, 0.4) is 0 Å². The van der Waals surface area contributed by atoms with Crippen molar-refractivity contribution in [1.82, 2.24) is 14.1 Å². The Hall–Kier alpha value is -1.48. The fourth-order valence-corrected chi connectivity index (χ4v) is 6.63. The van der Waals surface area contributed by atoms with E-state index in [9.17, 15) is 13.2 Å². The molecule has 3 fully saturated rings. The first-order valence-electron chi connectivity index (χ1n) is 12.6. The second-order valence-electron chi connectivity index (χ2n) is 9.99. The number of likely N-dealkylation sites (tertiary alicyclic amines) is 2. The first kappa shape index (κ1) is 24.6. The quantitative estimate of drug-likeness (QED) is 0.604. The van der Waals surface area contributed by atoms with Crippen LogP contribution in [0.25, 0.3) is 0 Å². The van der Waals surface area contributed by atoms with E-state index in [1.807, 2.05) is 12.1 Å². The van der Waals surface area contributed by atoms with Gasteiger partial charge < -0.3 is 14.5 Å². The Balaban J connectivity index is 1.25. The van der Waals surface area contributed by atoms with Crippen LogP contribution in [-0.2, 0) is 26.0 Å². The number of hydrogen-bond donors (Lipinski definition) is 0. The second kappa shape index (κ2) is 11.3. The number of morpholine rings is 1. The standard InChI is InChI=1S/C25H39N3O4S/c1-21-10-13-26(14-11-21)19-23-3-2-12-27(20-23)25(29)9-6-22-4-7-24(8-5-22)33(30,31)28-15-17-32-18-16-28/h4-5,7-8,21,23H,2-3,6,9-20H2,1H3. The molecule has 1 aromatic carbocycles. The van der Waals surface area contributed by atoms with Gasteiger partial charge in [-0.15, -0.1) is 0 Å². The van der Waals surface area contributed by atoms with Gasteiger partial charge in [0, 0.05) is 39.1 Å². The van der Waals surface area contributed by atoms with Crippen LogP contribution >= 0.6 is 0 Å². The zero-order chi connectivity index (χ0) is 23.3. The van der Waals surface area contributed by atoms with Gasteiger partial charge in [-0.25, -0.2) is 8.42 Å². The van der Waals surface area contributed by atoms with Crippen molar-refractivity contribution in [3.8, 4) is 0 Å². The first-order chi connectivity index (χ1) is 15.9. The predicted molar refractivity (Wildman–Crippen MR) is 128 cm³/mol. The van der Waals surface area contributed by atoms with Gasteiger partial charge in [0.05, 0.1) is 18.1 Å². The number of ether oxygens (including phenoxy) is 1. The van der Waals surface area contributed by atoms with Crippen molar-refractivity contribution in [2.75, 3.05) is 59.0 Å². The Bertz CT molecular complexity index is 875. The maximum absolute atomic E-state index is 12.9. The number of amides is 1. The molecule has 1 unspecified atom stereocenters. The minimum absolute atomic E-state index is 0.219. The van der Waals surface area contributed by atoms with Gasteiger partial charge in [0.1, 0.15) is 0 Å². The van der Waals surface area contributed by atoms with Crippen LogP contribution in [0, 0.1) is 11.8 Å². The van der Waals surface area contributed by atoms with Crippen LogP contribution in [0.1, 0.15) is 44.6 Å². The van der Waals surface area contributed by atoms with Crippen molar-refractivity contribution < 1.29 is 17.9 Å². The minimum atomic E-state index is -3.47. The summed E-state index contributed by atoms with van der Waals surface area (Å²) in [4.78, 5) is 17.8. The fraction of sp³-hybridized carbons (Fsp3) is 0.720.